The molecular weight excluding hydrogens is 316 g/mol. The van der Waals surface area contributed by atoms with Crippen LogP contribution in [0.5, 0.6) is 0 Å². The Morgan fingerprint density at radius 3 is 2.89 bits per heavy atom. The van der Waals surface area contributed by atoms with Crippen molar-refractivity contribution in [3.63, 3.8) is 0 Å². The van der Waals surface area contributed by atoms with E-state index in [1.54, 1.807) is 6.20 Å². The van der Waals surface area contributed by atoms with E-state index in [4.69, 9.17) is 0 Å². The third kappa shape index (κ3) is 3.35. The Balaban J connectivity index is 1.92. The molecule has 6 heteroatoms. The average molecular weight is 335 g/mol. The number of aromatic nitrogens is 2. The predicted octanol–water partition coefficient (Wildman–Crippen LogP) is 1.80. The molecule has 1 aromatic rings. The highest BCUT2D eigenvalue weighted by molar-refractivity contribution is 9.09. The minimum absolute atomic E-state index is 0.322. The Labute approximate surface area is 117 Å². The molecule has 1 saturated heterocycles. The Hall–Kier alpha value is -0.360. The van der Waals surface area contributed by atoms with Gasteiger partial charge in [-0.25, -0.2) is 8.42 Å². The topological polar surface area (TPSA) is 52.0 Å². The molecule has 0 aliphatic carbocycles. The second-order valence-electron chi connectivity index (χ2n) is 5.06. The standard InChI is InChI=1S/C12H19BrN2O2S/c1-15-12(4-6-14-15)3-2-10(8-13)11-5-7-18(16,17)9-11/h4,6,10-11H,2-3,5,7-9H2,1H3. The summed E-state index contributed by atoms with van der Waals surface area (Å²) in [6.07, 6.45) is 4.61. The van der Waals surface area contributed by atoms with Gasteiger partial charge in [-0.3, -0.25) is 4.68 Å². The molecular formula is C12H19BrN2O2S. The fraction of sp³-hybridized carbons (Fsp3) is 0.750. The molecule has 2 rings (SSSR count). The molecule has 0 radical (unpaired) electrons. The van der Waals surface area contributed by atoms with Gasteiger partial charge in [0.1, 0.15) is 0 Å². The molecule has 1 aliphatic rings. The lowest BCUT2D eigenvalue weighted by Gasteiger charge is -2.20. The van der Waals surface area contributed by atoms with E-state index in [1.807, 2.05) is 17.8 Å². The Kier molecular flexibility index (Phi) is 4.48. The fourth-order valence-corrected chi connectivity index (χ4v) is 5.39. The van der Waals surface area contributed by atoms with Gasteiger partial charge in [0.2, 0.25) is 0 Å². The van der Waals surface area contributed by atoms with Gasteiger partial charge in [-0.05, 0) is 37.2 Å². The quantitative estimate of drug-likeness (QED) is 0.771. The highest BCUT2D eigenvalue weighted by Gasteiger charge is 2.32. The van der Waals surface area contributed by atoms with Crippen molar-refractivity contribution in [1.82, 2.24) is 9.78 Å². The Morgan fingerprint density at radius 2 is 2.39 bits per heavy atom. The van der Waals surface area contributed by atoms with Crippen molar-refractivity contribution >= 4 is 25.8 Å². The normalized spacial score (nSPS) is 24.2. The van der Waals surface area contributed by atoms with Crippen LogP contribution in [0.25, 0.3) is 0 Å². The number of halogens is 1. The molecule has 102 valence electrons. The number of aryl methyl sites for hydroxylation is 2. The van der Waals surface area contributed by atoms with Crippen molar-refractivity contribution in [1.29, 1.82) is 0 Å². The van der Waals surface area contributed by atoms with Gasteiger partial charge < -0.3 is 0 Å². The summed E-state index contributed by atoms with van der Waals surface area (Å²) in [5, 5.41) is 5.03. The molecule has 0 spiro atoms. The molecule has 0 aromatic carbocycles. The zero-order valence-corrected chi connectivity index (χ0v) is 13.0. The molecule has 2 unspecified atom stereocenters. The smallest absolute Gasteiger partial charge is 0.150 e. The average Bonchev–Trinajstić information content (AvgIpc) is 2.87. The summed E-state index contributed by atoms with van der Waals surface area (Å²) in [5.74, 6) is 1.50. The molecule has 2 heterocycles. The van der Waals surface area contributed by atoms with Crippen molar-refractivity contribution in [3.05, 3.63) is 18.0 Å². The van der Waals surface area contributed by atoms with Gasteiger partial charge in [0.05, 0.1) is 11.5 Å². The first-order valence-electron chi connectivity index (χ1n) is 6.25. The first-order chi connectivity index (χ1) is 8.52. The van der Waals surface area contributed by atoms with E-state index in [0.29, 0.717) is 23.3 Å². The summed E-state index contributed by atoms with van der Waals surface area (Å²) >= 11 is 3.53. The first-order valence-corrected chi connectivity index (χ1v) is 9.19. The lowest BCUT2D eigenvalue weighted by Crippen LogP contribution is -2.19. The van der Waals surface area contributed by atoms with Crippen LogP contribution in [-0.2, 0) is 23.3 Å². The van der Waals surface area contributed by atoms with Gasteiger partial charge in [0.15, 0.2) is 9.84 Å². The van der Waals surface area contributed by atoms with E-state index >= 15 is 0 Å². The third-order valence-corrected chi connectivity index (χ3v) is 6.45. The van der Waals surface area contributed by atoms with Crippen LogP contribution in [-0.4, -0.2) is 35.0 Å². The lowest BCUT2D eigenvalue weighted by molar-refractivity contribution is 0.377. The minimum Gasteiger partial charge on any atom is -0.273 e. The van der Waals surface area contributed by atoms with Crippen LogP contribution in [0.15, 0.2) is 12.3 Å². The number of rotatable bonds is 5. The molecule has 18 heavy (non-hydrogen) atoms. The van der Waals surface area contributed by atoms with Crippen LogP contribution in [0, 0.1) is 11.8 Å². The summed E-state index contributed by atoms with van der Waals surface area (Å²) in [6.45, 7) is 0. The summed E-state index contributed by atoms with van der Waals surface area (Å²) in [5.41, 5.74) is 1.21. The van der Waals surface area contributed by atoms with E-state index in [-0.39, 0.29) is 0 Å². The van der Waals surface area contributed by atoms with Crippen LogP contribution in [0.2, 0.25) is 0 Å². The van der Waals surface area contributed by atoms with Gasteiger partial charge in [-0.1, -0.05) is 15.9 Å². The maximum Gasteiger partial charge on any atom is 0.150 e. The number of hydrogen-bond donors (Lipinski definition) is 0. The zero-order chi connectivity index (χ0) is 13.2. The van der Waals surface area contributed by atoms with Crippen LogP contribution >= 0.6 is 15.9 Å². The summed E-state index contributed by atoms with van der Waals surface area (Å²) in [7, 11) is -0.826. The maximum atomic E-state index is 11.5. The van der Waals surface area contributed by atoms with Crippen LogP contribution in [0.3, 0.4) is 0 Å². The van der Waals surface area contributed by atoms with Crippen LogP contribution in [0.4, 0.5) is 0 Å². The Morgan fingerprint density at radius 1 is 1.61 bits per heavy atom. The molecule has 0 saturated carbocycles. The SMILES string of the molecule is Cn1nccc1CCC(CBr)C1CCS(=O)(=O)C1. The summed E-state index contributed by atoms with van der Waals surface area (Å²) in [4.78, 5) is 0. The van der Waals surface area contributed by atoms with E-state index in [0.717, 1.165) is 24.6 Å². The van der Waals surface area contributed by atoms with Gasteiger partial charge in [-0.15, -0.1) is 0 Å². The van der Waals surface area contributed by atoms with Gasteiger partial charge in [0, 0.05) is 24.3 Å². The first kappa shape index (κ1) is 14.1. The largest absolute Gasteiger partial charge is 0.273 e. The van der Waals surface area contributed by atoms with Crippen molar-refractivity contribution in [2.45, 2.75) is 19.3 Å². The van der Waals surface area contributed by atoms with Crippen LogP contribution < -0.4 is 0 Å². The van der Waals surface area contributed by atoms with Gasteiger partial charge in [-0.2, -0.15) is 5.10 Å². The molecule has 0 amide bonds. The molecule has 2 atom stereocenters. The van der Waals surface area contributed by atoms with E-state index in [1.165, 1.54) is 5.69 Å². The summed E-state index contributed by atoms with van der Waals surface area (Å²) < 4.78 is 24.9. The van der Waals surface area contributed by atoms with E-state index in [9.17, 15) is 8.42 Å². The van der Waals surface area contributed by atoms with Crippen LogP contribution in [0.1, 0.15) is 18.5 Å². The molecule has 0 bridgehead atoms. The van der Waals surface area contributed by atoms with Crippen molar-refractivity contribution in [3.8, 4) is 0 Å². The van der Waals surface area contributed by atoms with Crippen molar-refractivity contribution < 1.29 is 8.42 Å². The molecule has 4 nitrogen and oxygen atoms in total. The van der Waals surface area contributed by atoms with E-state index < -0.39 is 9.84 Å². The summed E-state index contributed by atoms with van der Waals surface area (Å²) in [6, 6.07) is 2.02. The number of alkyl halides is 1. The van der Waals surface area contributed by atoms with E-state index in [2.05, 4.69) is 21.0 Å². The second-order valence-corrected chi connectivity index (χ2v) is 7.94. The second kappa shape index (κ2) is 5.74. The van der Waals surface area contributed by atoms with Gasteiger partial charge in [0.25, 0.3) is 0 Å². The van der Waals surface area contributed by atoms with Gasteiger partial charge >= 0.3 is 0 Å². The monoisotopic (exact) mass is 334 g/mol. The fourth-order valence-electron chi connectivity index (χ4n) is 2.61. The molecule has 1 aliphatic heterocycles. The highest BCUT2D eigenvalue weighted by Crippen LogP contribution is 2.30. The highest BCUT2D eigenvalue weighted by atomic mass is 79.9. The number of hydrogen-bond acceptors (Lipinski definition) is 3. The molecule has 1 fully saturated rings. The zero-order valence-electron chi connectivity index (χ0n) is 10.5. The maximum absolute atomic E-state index is 11.5. The number of sulfone groups is 1. The van der Waals surface area contributed by atoms with Crippen molar-refractivity contribution in [2.75, 3.05) is 16.8 Å². The third-order valence-electron chi connectivity index (χ3n) is 3.83. The molecule has 0 N–H and O–H groups in total. The minimum atomic E-state index is -2.77. The Bertz CT molecular complexity index is 498. The molecule has 1 aromatic heterocycles. The predicted molar refractivity (Wildman–Crippen MR) is 75.6 cm³/mol. The number of nitrogens with zero attached hydrogens (tertiary/aromatic N) is 2. The lowest BCUT2D eigenvalue weighted by atomic mass is 9.89. The van der Waals surface area contributed by atoms with Crippen molar-refractivity contribution in [2.24, 2.45) is 18.9 Å².